The lowest BCUT2D eigenvalue weighted by Crippen LogP contribution is -2.54. The van der Waals surface area contributed by atoms with E-state index in [1.807, 2.05) is 50.2 Å². The lowest BCUT2D eigenvalue weighted by molar-refractivity contribution is -0.140. The highest BCUT2D eigenvalue weighted by molar-refractivity contribution is 7.92. The highest BCUT2D eigenvalue weighted by Crippen LogP contribution is 2.35. The molecule has 0 aromatic heterocycles. The van der Waals surface area contributed by atoms with Gasteiger partial charge in [-0.2, -0.15) is 0 Å². The second-order valence-electron chi connectivity index (χ2n) is 10.3. The van der Waals surface area contributed by atoms with Crippen LogP contribution >= 0.6 is 11.6 Å². The Labute approximate surface area is 252 Å². The summed E-state index contributed by atoms with van der Waals surface area (Å²) in [5.41, 5.74) is 1.81. The molecule has 3 aromatic carbocycles. The Bertz CT molecular complexity index is 1500. The van der Waals surface area contributed by atoms with Crippen LogP contribution in [0, 0.1) is 0 Å². The van der Waals surface area contributed by atoms with Crippen molar-refractivity contribution in [3.05, 3.63) is 88.9 Å². The number of carbonyl (C=O) groups is 2. The minimum absolute atomic E-state index is 0.0452. The molecule has 0 aliphatic carbocycles. The standard InChI is InChI=1S/C31H36ClN3O6S/c1-4-22(2)33-31(37)27(18-23-9-6-5-7-10-23)34(20-24-11-8-12-25(32)17-24)30(36)21-35(42(3,38)39)26-13-14-28-29(19-26)41-16-15-40-28/h5-14,17,19,22,27H,4,15-16,18,20-21H2,1-3H3,(H,33,37)/t22-,27+/m1/s1. The third kappa shape index (κ3) is 8.17. The lowest BCUT2D eigenvalue weighted by Gasteiger charge is -2.34. The van der Waals surface area contributed by atoms with Crippen molar-refractivity contribution in [2.75, 3.05) is 30.3 Å². The number of amides is 2. The van der Waals surface area contributed by atoms with Gasteiger partial charge < -0.3 is 19.7 Å². The third-order valence-corrected chi connectivity index (χ3v) is 8.38. The molecule has 0 spiro atoms. The van der Waals surface area contributed by atoms with Crippen LogP contribution in [0.1, 0.15) is 31.4 Å². The molecule has 11 heteroatoms. The number of sulfonamides is 1. The number of benzene rings is 3. The molecule has 4 rings (SSSR count). The van der Waals surface area contributed by atoms with Crippen molar-refractivity contribution in [3.8, 4) is 11.5 Å². The number of anilines is 1. The van der Waals surface area contributed by atoms with E-state index in [4.69, 9.17) is 21.1 Å². The Morgan fingerprint density at radius 3 is 2.31 bits per heavy atom. The van der Waals surface area contributed by atoms with Crippen LogP contribution in [-0.4, -0.2) is 63.2 Å². The number of hydrogen-bond donors (Lipinski definition) is 1. The number of ether oxygens (including phenoxy) is 2. The van der Waals surface area contributed by atoms with Gasteiger partial charge in [-0.3, -0.25) is 13.9 Å². The average molecular weight is 614 g/mol. The minimum Gasteiger partial charge on any atom is -0.486 e. The van der Waals surface area contributed by atoms with Crippen molar-refractivity contribution < 1.29 is 27.5 Å². The van der Waals surface area contributed by atoms with Gasteiger partial charge in [0.2, 0.25) is 21.8 Å². The lowest BCUT2D eigenvalue weighted by atomic mass is 10.0. The SMILES string of the molecule is CC[C@@H](C)NC(=O)[C@H](Cc1ccccc1)N(Cc1cccc(Cl)c1)C(=O)CN(c1ccc2c(c1)OCCO2)S(C)(=O)=O. The van der Waals surface area contributed by atoms with Gasteiger partial charge >= 0.3 is 0 Å². The molecule has 2 amide bonds. The number of nitrogens with zero attached hydrogens (tertiary/aromatic N) is 2. The summed E-state index contributed by atoms with van der Waals surface area (Å²) >= 11 is 6.26. The molecule has 0 unspecified atom stereocenters. The zero-order valence-electron chi connectivity index (χ0n) is 24.0. The maximum Gasteiger partial charge on any atom is 0.244 e. The quantitative estimate of drug-likeness (QED) is 0.324. The van der Waals surface area contributed by atoms with Gasteiger partial charge in [-0.25, -0.2) is 8.42 Å². The first kappa shape index (κ1) is 31.2. The van der Waals surface area contributed by atoms with E-state index in [-0.39, 0.29) is 30.6 Å². The van der Waals surface area contributed by atoms with E-state index in [0.29, 0.717) is 41.7 Å². The highest BCUT2D eigenvalue weighted by Gasteiger charge is 2.33. The molecule has 3 aromatic rings. The number of carbonyl (C=O) groups excluding carboxylic acids is 2. The normalized spacial score (nSPS) is 14.0. The molecule has 9 nitrogen and oxygen atoms in total. The molecule has 1 aliphatic heterocycles. The van der Waals surface area contributed by atoms with Crippen molar-refractivity contribution in [2.45, 2.75) is 45.3 Å². The number of rotatable bonds is 12. The molecule has 42 heavy (non-hydrogen) atoms. The zero-order valence-corrected chi connectivity index (χ0v) is 25.5. The van der Waals surface area contributed by atoms with E-state index < -0.39 is 28.5 Å². The van der Waals surface area contributed by atoms with Crippen LogP contribution in [0.15, 0.2) is 72.8 Å². The van der Waals surface area contributed by atoms with Crippen LogP contribution in [0.25, 0.3) is 0 Å². The van der Waals surface area contributed by atoms with Gasteiger partial charge in [0.15, 0.2) is 11.5 Å². The predicted molar refractivity (Wildman–Crippen MR) is 163 cm³/mol. The molecule has 0 bridgehead atoms. The van der Waals surface area contributed by atoms with E-state index >= 15 is 0 Å². The Morgan fingerprint density at radius 2 is 1.64 bits per heavy atom. The van der Waals surface area contributed by atoms with Gasteiger partial charge in [-0.15, -0.1) is 0 Å². The first-order chi connectivity index (χ1) is 20.0. The van der Waals surface area contributed by atoms with Gasteiger partial charge in [0, 0.05) is 30.1 Å². The van der Waals surface area contributed by atoms with E-state index in [1.54, 1.807) is 36.4 Å². The molecule has 1 N–H and O–H groups in total. The van der Waals surface area contributed by atoms with Crippen LogP contribution in [-0.2, 0) is 32.6 Å². The topological polar surface area (TPSA) is 105 Å². The van der Waals surface area contributed by atoms with Gasteiger partial charge in [0.25, 0.3) is 0 Å². The van der Waals surface area contributed by atoms with Gasteiger partial charge in [0.1, 0.15) is 25.8 Å². The number of hydrogen-bond acceptors (Lipinski definition) is 6. The van der Waals surface area contributed by atoms with Crippen molar-refractivity contribution in [2.24, 2.45) is 0 Å². The first-order valence-electron chi connectivity index (χ1n) is 13.8. The molecule has 0 saturated heterocycles. The number of nitrogens with one attached hydrogen (secondary N) is 1. The van der Waals surface area contributed by atoms with Crippen molar-refractivity contribution in [3.63, 3.8) is 0 Å². The fraction of sp³-hybridized carbons (Fsp3) is 0.355. The summed E-state index contributed by atoms with van der Waals surface area (Å²) < 4.78 is 38.3. The van der Waals surface area contributed by atoms with Gasteiger partial charge in [-0.05, 0) is 48.7 Å². The third-order valence-electron chi connectivity index (χ3n) is 7.01. The first-order valence-corrected chi connectivity index (χ1v) is 16.0. The summed E-state index contributed by atoms with van der Waals surface area (Å²) in [4.78, 5) is 29.4. The minimum atomic E-state index is -3.91. The molecule has 224 valence electrons. The molecule has 1 heterocycles. The number of halogens is 1. The fourth-order valence-corrected chi connectivity index (χ4v) is 5.68. The average Bonchev–Trinajstić information content (AvgIpc) is 2.97. The molecule has 1 aliphatic rings. The van der Waals surface area contributed by atoms with Crippen molar-refractivity contribution in [1.82, 2.24) is 10.2 Å². The Balaban J connectivity index is 1.73. The summed E-state index contributed by atoms with van der Waals surface area (Å²) in [5.74, 6) is 0.0202. The number of fused-ring (bicyclic) bond motifs is 1. The van der Waals surface area contributed by atoms with E-state index in [2.05, 4.69) is 5.32 Å². The van der Waals surface area contributed by atoms with Crippen LogP contribution in [0.2, 0.25) is 5.02 Å². The Morgan fingerprint density at radius 1 is 0.952 bits per heavy atom. The van der Waals surface area contributed by atoms with Gasteiger partial charge in [-0.1, -0.05) is 61.0 Å². The molecular formula is C31H36ClN3O6S. The second-order valence-corrected chi connectivity index (χ2v) is 12.6. The summed E-state index contributed by atoms with van der Waals surface area (Å²) in [6, 6.07) is 20.1. The zero-order chi connectivity index (χ0) is 30.3. The smallest absolute Gasteiger partial charge is 0.244 e. The van der Waals surface area contributed by atoms with E-state index in [0.717, 1.165) is 16.1 Å². The summed E-state index contributed by atoms with van der Waals surface area (Å²) in [6.45, 7) is 4.09. The summed E-state index contributed by atoms with van der Waals surface area (Å²) in [5, 5.41) is 3.49. The maximum absolute atomic E-state index is 14.2. The van der Waals surface area contributed by atoms with Crippen LogP contribution in [0.3, 0.4) is 0 Å². The second kappa shape index (κ2) is 13.9. The molecular weight excluding hydrogens is 578 g/mol. The Hall–Kier alpha value is -3.76. The van der Waals surface area contributed by atoms with Crippen LogP contribution in [0.4, 0.5) is 5.69 Å². The summed E-state index contributed by atoms with van der Waals surface area (Å²) in [6.07, 6.45) is 1.98. The predicted octanol–water partition coefficient (Wildman–Crippen LogP) is 4.43. The summed E-state index contributed by atoms with van der Waals surface area (Å²) in [7, 11) is -3.91. The molecule has 0 radical (unpaired) electrons. The van der Waals surface area contributed by atoms with Crippen molar-refractivity contribution in [1.29, 1.82) is 0 Å². The monoisotopic (exact) mass is 613 g/mol. The highest BCUT2D eigenvalue weighted by atomic mass is 35.5. The maximum atomic E-state index is 14.2. The van der Waals surface area contributed by atoms with Crippen molar-refractivity contribution >= 4 is 39.1 Å². The van der Waals surface area contributed by atoms with Gasteiger partial charge in [0.05, 0.1) is 11.9 Å². The fourth-order valence-electron chi connectivity index (χ4n) is 4.63. The van der Waals surface area contributed by atoms with E-state index in [1.165, 1.54) is 4.90 Å². The molecule has 2 atom stereocenters. The van der Waals surface area contributed by atoms with E-state index in [9.17, 15) is 18.0 Å². The molecule has 0 saturated carbocycles. The largest absolute Gasteiger partial charge is 0.486 e. The van der Waals surface area contributed by atoms with Crippen LogP contribution < -0.4 is 19.1 Å². The van der Waals surface area contributed by atoms with Crippen LogP contribution in [0.5, 0.6) is 11.5 Å². The molecule has 0 fully saturated rings. The Kier molecular flexibility index (Phi) is 10.3.